The molecule has 0 aromatic heterocycles. The van der Waals surface area contributed by atoms with Gasteiger partial charge in [0.25, 0.3) is 11.8 Å². The lowest BCUT2D eigenvalue weighted by Crippen LogP contribution is -2.54. The molecule has 160 valence electrons. The van der Waals surface area contributed by atoms with Gasteiger partial charge in [-0.05, 0) is 77.6 Å². The van der Waals surface area contributed by atoms with E-state index in [0.717, 1.165) is 12.9 Å². The summed E-state index contributed by atoms with van der Waals surface area (Å²) in [6, 6.07) is 9.26. The van der Waals surface area contributed by atoms with E-state index >= 15 is 0 Å². The molecular weight excluding hydrogens is 579 g/mol. The van der Waals surface area contributed by atoms with Gasteiger partial charge in [0.1, 0.15) is 12.2 Å². The van der Waals surface area contributed by atoms with Crippen molar-refractivity contribution in [3.05, 3.63) is 68.2 Å². The van der Waals surface area contributed by atoms with Gasteiger partial charge in [-0.1, -0.05) is 28.6 Å². The molecule has 1 N–H and O–H groups in total. The lowest BCUT2D eigenvalue weighted by atomic mass is 10.1. The van der Waals surface area contributed by atoms with Crippen molar-refractivity contribution in [2.24, 2.45) is 0 Å². The van der Waals surface area contributed by atoms with Crippen LogP contribution < -0.4 is 19.7 Å². The number of nitrogens with zero attached hydrogens (tertiary/aromatic N) is 1. The van der Waals surface area contributed by atoms with Gasteiger partial charge in [-0.2, -0.15) is 0 Å². The number of urea groups is 1. The molecular formula is C22H18BrIN2O5. The predicted molar refractivity (Wildman–Crippen MR) is 129 cm³/mol. The summed E-state index contributed by atoms with van der Waals surface area (Å²) in [6.45, 7) is 6.20. The van der Waals surface area contributed by atoms with Crippen molar-refractivity contribution in [1.82, 2.24) is 5.32 Å². The maximum Gasteiger partial charge on any atom is 0.335 e. The van der Waals surface area contributed by atoms with E-state index in [1.165, 1.54) is 6.08 Å². The molecule has 9 heteroatoms. The Labute approximate surface area is 201 Å². The molecule has 1 saturated heterocycles. The van der Waals surface area contributed by atoms with Gasteiger partial charge in [0, 0.05) is 4.47 Å². The molecule has 0 spiro atoms. The highest BCUT2D eigenvalue weighted by Crippen LogP contribution is 2.35. The van der Waals surface area contributed by atoms with Crippen LogP contribution in [0.5, 0.6) is 11.5 Å². The summed E-state index contributed by atoms with van der Waals surface area (Å²) in [5.74, 6) is -0.442. The minimum atomic E-state index is -0.799. The zero-order valence-corrected chi connectivity index (χ0v) is 20.2. The second kappa shape index (κ2) is 10.1. The third kappa shape index (κ3) is 5.16. The van der Waals surface area contributed by atoms with E-state index in [1.807, 2.05) is 6.92 Å². The van der Waals surface area contributed by atoms with Gasteiger partial charge >= 0.3 is 6.03 Å². The van der Waals surface area contributed by atoms with Gasteiger partial charge < -0.3 is 9.47 Å². The van der Waals surface area contributed by atoms with Crippen molar-refractivity contribution < 1.29 is 23.9 Å². The maximum atomic E-state index is 13.0. The summed E-state index contributed by atoms with van der Waals surface area (Å²) in [5.41, 5.74) is 0.741. The van der Waals surface area contributed by atoms with Crippen LogP contribution in [0.25, 0.3) is 6.08 Å². The first-order valence-corrected chi connectivity index (χ1v) is 11.1. The van der Waals surface area contributed by atoms with Crippen LogP contribution in [0, 0.1) is 3.57 Å². The van der Waals surface area contributed by atoms with Gasteiger partial charge in [0.2, 0.25) is 0 Å². The number of amides is 4. The normalized spacial score (nSPS) is 15.1. The number of benzene rings is 2. The standard InChI is InChI=1S/C22H18BrIN2O5/c1-3-9-31-19-17(24)11-13(12-18(19)30-4-2)10-16-20(27)25-22(29)26(21(16)28)15-7-5-14(23)6-8-15/h3,5-8,10-12H,1,4,9H2,2H3,(H,25,27,29)/b16-10+. The predicted octanol–water partition coefficient (Wildman–Crippen LogP) is 4.68. The number of rotatable bonds is 7. The summed E-state index contributed by atoms with van der Waals surface area (Å²) in [4.78, 5) is 38.7. The van der Waals surface area contributed by atoms with Crippen molar-refractivity contribution in [3.8, 4) is 11.5 Å². The highest BCUT2D eigenvalue weighted by molar-refractivity contribution is 14.1. The van der Waals surface area contributed by atoms with Gasteiger partial charge in [0.05, 0.1) is 15.9 Å². The Morgan fingerprint density at radius 2 is 1.87 bits per heavy atom. The number of hydrogen-bond acceptors (Lipinski definition) is 5. The van der Waals surface area contributed by atoms with Gasteiger partial charge in [0.15, 0.2) is 11.5 Å². The van der Waals surface area contributed by atoms with Gasteiger partial charge in [-0.3, -0.25) is 14.9 Å². The smallest absolute Gasteiger partial charge is 0.335 e. The molecule has 0 atom stereocenters. The Bertz CT molecular complexity index is 1080. The highest BCUT2D eigenvalue weighted by Gasteiger charge is 2.36. The monoisotopic (exact) mass is 596 g/mol. The fraction of sp³-hybridized carbons (Fsp3) is 0.136. The molecule has 1 aliphatic rings. The van der Waals surface area contributed by atoms with E-state index in [2.05, 4.69) is 50.4 Å². The van der Waals surface area contributed by atoms with Crippen LogP contribution in [0.3, 0.4) is 0 Å². The molecule has 31 heavy (non-hydrogen) atoms. The Hall–Kier alpha value is -2.66. The van der Waals surface area contributed by atoms with Crippen LogP contribution >= 0.6 is 38.5 Å². The highest BCUT2D eigenvalue weighted by atomic mass is 127. The summed E-state index contributed by atoms with van der Waals surface area (Å²) in [6.07, 6.45) is 3.05. The molecule has 3 rings (SSSR count). The summed E-state index contributed by atoms with van der Waals surface area (Å²) < 4.78 is 12.9. The number of nitrogens with one attached hydrogen (secondary N) is 1. The van der Waals surface area contributed by atoms with E-state index in [9.17, 15) is 14.4 Å². The first-order chi connectivity index (χ1) is 14.8. The largest absolute Gasteiger partial charge is 0.490 e. The summed E-state index contributed by atoms with van der Waals surface area (Å²) >= 11 is 5.41. The second-order valence-corrected chi connectivity index (χ2v) is 8.37. The first kappa shape index (κ1) is 23.0. The van der Waals surface area contributed by atoms with Crippen LogP contribution in [0.2, 0.25) is 0 Å². The number of halogens is 2. The molecule has 2 aromatic carbocycles. The van der Waals surface area contributed by atoms with E-state index in [-0.39, 0.29) is 5.57 Å². The van der Waals surface area contributed by atoms with Crippen molar-refractivity contribution in [1.29, 1.82) is 0 Å². The maximum absolute atomic E-state index is 13.0. The zero-order chi connectivity index (χ0) is 22.5. The number of ether oxygens (including phenoxy) is 2. The molecule has 0 bridgehead atoms. The molecule has 0 saturated carbocycles. The van der Waals surface area contributed by atoms with Crippen LogP contribution in [0.1, 0.15) is 12.5 Å². The van der Waals surface area contributed by atoms with Crippen molar-refractivity contribution in [3.63, 3.8) is 0 Å². The van der Waals surface area contributed by atoms with E-state index in [1.54, 1.807) is 42.5 Å². The van der Waals surface area contributed by atoms with Gasteiger partial charge in [-0.25, -0.2) is 9.69 Å². The van der Waals surface area contributed by atoms with Crippen LogP contribution in [-0.4, -0.2) is 31.1 Å². The van der Waals surface area contributed by atoms with Crippen LogP contribution in [-0.2, 0) is 9.59 Å². The molecule has 1 aliphatic heterocycles. The minimum Gasteiger partial charge on any atom is -0.490 e. The fourth-order valence-electron chi connectivity index (χ4n) is 2.87. The summed E-state index contributed by atoms with van der Waals surface area (Å²) in [7, 11) is 0. The number of hydrogen-bond donors (Lipinski definition) is 1. The molecule has 0 radical (unpaired) electrons. The van der Waals surface area contributed by atoms with Crippen molar-refractivity contribution in [2.75, 3.05) is 18.1 Å². The average molecular weight is 597 g/mol. The quantitative estimate of drug-likeness (QED) is 0.217. The molecule has 4 amide bonds. The Morgan fingerprint density at radius 1 is 1.16 bits per heavy atom. The molecule has 1 heterocycles. The second-order valence-electron chi connectivity index (χ2n) is 6.30. The van der Waals surface area contributed by atoms with E-state index in [4.69, 9.17) is 9.47 Å². The molecule has 1 fully saturated rings. The Morgan fingerprint density at radius 3 is 2.52 bits per heavy atom. The Balaban J connectivity index is 2.01. The van der Waals surface area contributed by atoms with E-state index in [0.29, 0.717) is 36.0 Å². The summed E-state index contributed by atoms with van der Waals surface area (Å²) in [5, 5.41) is 2.22. The van der Waals surface area contributed by atoms with E-state index < -0.39 is 17.8 Å². The number of imide groups is 2. The molecule has 0 unspecified atom stereocenters. The van der Waals surface area contributed by atoms with Crippen molar-refractivity contribution in [2.45, 2.75) is 6.92 Å². The first-order valence-electron chi connectivity index (χ1n) is 9.22. The molecule has 7 nitrogen and oxygen atoms in total. The third-order valence-electron chi connectivity index (χ3n) is 4.17. The zero-order valence-electron chi connectivity index (χ0n) is 16.5. The lowest BCUT2D eigenvalue weighted by molar-refractivity contribution is -0.122. The molecule has 0 aliphatic carbocycles. The molecule has 2 aromatic rings. The SMILES string of the molecule is C=CCOc1c(I)cc(/C=C2\C(=O)NC(=O)N(c3ccc(Br)cc3)C2=O)cc1OCC. The number of carbonyl (C=O) groups is 3. The van der Waals surface area contributed by atoms with Crippen molar-refractivity contribution >= 4 is 68.1 Å². The topological polar surface area (TPSA) is 84.9 Å². The Kier molecular flexibility index (Phi) is 7.50. The number of barbiturate groups is 1. The fourth-order valence-corrected chi connectivity index (χ4v) is 3.91. The third-order valence-corrected chi connectivity index (χ3v) is 5.50. The minimum absolute atomic E-state index is 0.166. The van der Waals surface area contributed by atoms with Crippen LogP contribution in [0.4, 0.5) is 10.5 Å². The van der Waals surface area contributed by atoms with Crippen LogP contribution in [0.15, 0.2) is 59.1 Å². The number of anilines is 1. The average Bonchev–Trinajstić information content (AvgIpc) is 2.72. The lowest BCUT2D eigenvalue weighted by Gasteiger charge is -2.26. The van der Waals surface area contributed by atoms with Gasteiger partial charge in [-0.15, -0.1) is 0 Å². The number of carbonyl (C=O) groups excluding carboxylic acids is 3.